The molecule has 8 heteroatoms. The summed E-state index contributed by atoms with van der Waals surface area (Å²) < 4.78 is 39.6. The standard InChI is InChI=1S/C17H13F3N4O/c1-2-16(25)22-9-14-13-7-8-21-10-15(13)24(23-14)12-5-3-11(4-6-12)17(18,19)20/h2-8,10H,1,9H2,(H,22,25). The number of hydrogen-bond acceptors (Lipinski definition) is 3. The van der Waals surface area contributed by atoms with E-state index in [4.69, 9.17) is 0 Å². The Bertz CT molecular complexity index is 929. The summed E-state index contributed by atoms with van der Waals surface area (Å²) in [6, 6.07) is 6.41. The number of nitrogens with zero attached hydrogens (tertiary/aromatic N) is 3. The lowest BCUT2D eigenvalue weighted by Crippen LogP contribution is -2.20. The summed E-state index contributed by atoms with van der Waals surface area (Å²) in [5.41, 5.74) is 0.939. The maximum Gasteiger partial charge on any atom is 0.416 e. The first-order valence-corrected chi connectivity index (χ1v) is 7.29. The molecule has 0 saturated carbocycles. The summed E-state index contributed by atoms with van der Waals surface area (Å²) in [6.07, 6.45) is -0.0955. The van der Waals surface area contributed by atoms with Crippen molar-refractivity contribution in [2.24, 2.45) is 0 Å². The van der Waals surface area contributed by atoms with Gasteiger partial charge in [-0.05, 0) is 36.4 Å². The van der Waals surface area contributed by atoms with Gasteiger partial charge in [0.2, 0.25) is 5.91 Å². The largest absolute Gasteiger partial charge is 0.416 e. The number of fused-ring (bicyclic) bond motifs is 1. The van der Waals surface area contributed by atoms with Gasteiger partial charge in [0.25, 0.3) is 0 Å². The third-order valence-electron chi connectivity index (χ3n) is 3.61. The molecule has 0 fully saturated rings. The van der Waals surface area contributed by atoms with Gasteiger partial charge in [0.05, 0.1) is 35.2 Å². The highest BCUT2D eigenvalue weighted by molar-refractivity contribution is 5.87. The molecule has 25 heavy (non-hydrogen) atoms. The predicted molar refractivity (Wildman–Crippen MR) is 85.9 cm³/mol. The number of carbonyl (C=O) groups is 1. The number of carbonyl (C=O) groups excluding carboxylic acids is 1. The van der Waals surface area contributed by atoms with E-state index < -0.39 is 11.7 Å². The van der Waals surface area contributed by atoms with Crippen molar-refractivity contribution < 1.29 is 18.0 Å². The molecule has 0 unspecified atom stereocenters. The van der Waals surface area contributed by atoms with Crippen molar-refractivity contribution >= 4 is 16.8 Å². The summed E-state index contributed by atoms with van der Waals surface area (Å²) in [4.78, 5) is 15.4. The molecular formula is C17H13F3N4O. The molecule has 1 aromatic carbocycles. The van der Waals surface area contributed by atoms with Crippen LogP contribution < -0.4 is 5.32 Å². The van der Waals surface area contributed by atoms with E-state index in [0.29, 0.717) is 16.9 Å². The molecule has 0 radical (unpaired) electrons. The second-order valence-electron chi connectivity index (χ2n) is 5.22. The molecule has 0 spiro atoms. The Kier molecular flexibility index (Phi) is 4.26. The number of alkyl halides is 3. The first kappa shape index (κ1) is 16.7. The predicted octanol–water partition coefficient (Wildman–Crippen LogP) is 3.24. The van der Waals surface area contributed by atoms with Crippen LogP contribution in [0.3, 0.4) is 0 Å². The normalized spacial score (nSPS) is 11.5. The number of rotatable bonds is 4. The topological polar surface area (TPSA) is 59.8 Å². The van der Waals surface area contributed by atoms with Crippen molar-refractivity contribution in [1.29, 1.82) is 0 Å². The maximum absolute atomic E-state index is 12.7. The number of halogens is 3. The Morgan fingerprint density at radius 2 is 1.96 bits per heavy atom. The Morgan fingerprint density at radius 1 is 1.24 bits per heavy atom. The van der Waals surface area contributed by atoms with E-state index in [1.54, 1.807) is 18.5 Å². The van der Waals surface area contributed by atoms with Crippen LogP contribution in [-0.4, -0.2) is 20.7 Å². The Labute approximate surface area is 140 Å². The fourth-order valence-corrected chi connectivity index (χ4v) is 2.39. The second-order valence-corrected chi connectivity index (χ2v) is 5.22. The van der Waals surface area contributed by atoms with Crippen molar-refractivity contribution in [2.75, 3.05) is 0 Å². The van der Waals surface area contributed by atoms with Gasteiger partial charge in [-0.2, -0.15) is 18.3 Å². The Hall–Kier alpha value is -3.16. The number of pyridine rings is 1. The van der Waals surface area contributed by atoms with Gasteiger partial charge in [0.15, 0.2) is 0 Å². The van der Waals surface area contributed by atoms with E-state index >= 15 is 0 Å². The quantitative estimate of drug-likeness (QED) is 0.738. The van der Waals surface area contributed by atoms with Crippen LogP contribution in [0.2, 0.25) is 0 Å². The molecule has 1 N–H and O–H groups in total. The van der Waals surface area contributed by atoms with Gasteiger partial charge < -0.3 is 5.32 Å². The van der Waals surface area contributed by atoms with Crippen LogP contribution in [0.25, 0.3) is 16.6 Å². The number of aromatic nitrogens is 3. The minimum absolute atomic E-state index is 0.166. The summed E-state index contributed by atoms with van der Waals surface area (Å²) in [6.45, 7) is 3.54. The van der Waals surface area contributed by atoms with E-state index in [9.17, 15) is 18.0 Å². The fourth-order valence-electron chi connectivity index (χ4n) is 2.39. The van der Waals surface area contributed by atoms with Gasteiger partial charge >= 0.3 is 6.18 Å². The van der Waals surface area contributed by atoms with Crippen molar-refractivity contribution in [1.82, 2.24) is 20.1 Å². The Morgan fingerprint density at radius 3 is 2.60 bits per heavy atom. The molecule has 128 valence electrons. The van der Waals surface area contributed by atoms with Crippen LogP contribution in [0, 0.1) is 0 Å². The van der Waals surface area contributed by atoms with E-state index in [2.05, 4.69) is 22.0 Å². The minimum Gasteiger partial charge on any atom is -0.347 e. The molecule has 0 bridgehead atoms. The third-order valence-corrected chi connectivity index (χ3v) is 3.61. The SMILES string of the molecule is C=CC(=O)NCc1nn(-c2ccc(C(F)(F)F)cc2)c2cnccc12. The molecule has 1 amide bonds. The number of hydrogen-bond donors (Lipinski definition) is 1. The number of nitrogens with one attached hydrogen (secondary N) is 1. The molecular weight excluding hydrogens is 333 g/mol. The second kappa shape index (κ2) is 6.39. The lowest BCUT2D eigenvalue weighted by molar-refractivity contribution is -0.137. The monoisotopic (exact) mass is 346 g/mol. The highest BCUT2D eigenvalue weighted by Crippen LogP contribution is 2.30. The summed E-state index contributed by atoms with van der Waals surface area (Å²) in [7, 11) is 0. The van der Waals surface area contributed by atoms with Crippen molar-refractivity contribution in [3.8, 4) is 5.69 Å². The van der Waals surface area contributed by atoms with Gasteiger partial charge in [0.1, 0.15) is 0 Å². The van der Waals surface area contributed by atoms with Crippen molar-refractivity contribution in [2.45, 2.75) is 12.7 Å². The third kappa shape index (κ3) is 3.37. The van der Waals surface area contributed by atoms with Crippen LogP contribution in [0.4, 0.5) is 13.2 Å². The fraction of sp³-hybridized carbons (Fsp3) is 0.118. The van der Waals surface area contributed by atoms with Gasteiger partial charge in [-0.1, -0.05) is 6.58 Å². The average molecular weight is 346 g/mol. The zero-order valence-electron chi connectivity index (χ0n) is 12.9. The lowest BCUT2D eigenvalue weighted by atomic mass is 10.2. The first-order chi connectivity index (χ1) is 11.9. The molecule has 0 aliphatic rings. The van der Waals surface area contributed by atoms with E-state index in [1.165, 1.54) is 16.8 Å². The van der Waals surface area contributed by atoms with E-state index in [-0.39, 0.29) is 12.5 Å². The van der Waals surface area contributed by atoms with Crippen LogP contribution in [0.1, 0.15) is 11.3 Å². The molecule has 0 atom stereocenters. The van der Waals surface area contributed by atoms with Gasteiger partial charge in [-0.25, -0.2) is 4.68 Å². The average Bonchev–Trinajstić information content (AvgIpc) is 2.98. The molecule has 3 aromatic rings. The zero-order valence-corrected chi connectivity index (χ0v) is 12.9. The molecule has 0 aliphatic heterocycles. The van der Waals surface area contributed by atoms with Crippen molar-refractivity contribution in [3.05, 3.63) is 66.6 Å². The highest BCUT2D eigenvalue weighted by Gasteiger charge is 2.30. The van der Waals surface area contributed by atoms with Crippen LogP contribution >= 0.6 is 0 Å². The first-order valence-electron chi connectivity index (χ1n) is 7.29. The van der Waals surface area contributed by atoms with Crippen LogP contribution in [0.15, 0.2) is 55.4 Å². The summed E-state index contributed by atoms with van der Waals surface area (Å²) in [5, 5.41) is 7.79. The molecule has 2 aromatic heterocycles. The maximum atomic E-state index is 12.7. The lowest BCUT2D eigenvalue weighted by Gasteiger charge is -2.08. The highest BCUT2D eigenvalue weighted by atomic mass is 19.4. The molecule has 5 nitrogen and oxygen atoms in total. The minimum atomic E-state index is -4.40. The zero-order chi connectivity index (χ0) is 18.0. The van der Waals surface area contributed by atoms with Crippen LogP contribution in [0.5, 0.6) is 0 Å². The number of amides is 1. The van der Waals surface area contributed by atoms with E-state index in [1.807, 2.05) is 0 Å². The molecule has 3 rings (SSSR count). The smallest absolute Gasteiger partial charge is 0.347 e. The molecule has 0 saturated heterocycles. The molecule has 2 heterocycles. The van der Waals surface area contributed by atoms with Gasteiger partial charge in [0, 0.05) is 11.6 Å². The molecule has 0 aliphatic carbocycles. The van der Waals surface area contributed by atoms with Gasteiger partial charge in [-0.15, -0.1) is 0 Å². The Balaban J connectivity index is 2.01. The van der Waals surface area contributed by atoms with E-state index in [0.717, 1.165) is 23.6 Å². The van der Waals surface area contributed by atoms with Crippen LogP contribution in [-0.2, 0) is 17.5 Å². The summed E-state index contributed by atoms with van der Waals surface area (Å²) in [5.74, 6) is -0.341. The number of benzene rings is 1. The summed E-state index contributed by atoms with van der Waals surface area (Å²) >= 11 is 0. The van der Waals surface area contributed by atoms with Gasteiger partial charge in [-0.3, -0.25) is 9.78 Å². The van der Waals surface area contributed by atoms with Crippen molar-refractivity contribution in [3.63, 3.8) is 0 Å².